The van der Waals surface area contributed by atoms with E-state index in [1.54, 1.807) is 6.20 Å². The Labute approximate surface area is 114 Å². The van der Waals surface area contributed by atoms with Gasteiger partial charge in [-0.2, -0.15) is 4.31 Å². The largest absolute Gasteiger partial charge is 0.354 e. The van der Waals surface area contributed by atoms with Crippen LogP contribution in [0.15, 0.2) is 18.3 Å². The molecular formula is C12H20N4O2S. The van der Waals surface area contributed by atoms with E-state index in [9.17, 15) is 8.42 Å². The molecule has 19 heavy (non-hydrogen) atoms. The van der Waals surface area contributed by atoms with E-state index in [4.69, 9.17) is 5.73 Å². The number of anilines is 1. The van der Waals surface area contributed by atoms with Gasteiger partial charge in [-0.05, 0) is 24.6 Å². The quantitative estimate of drug-likeness (QED) is 0.818. The third-order valence-corrected chi connectivity index (χ3v) is 4.59. The van der Waals surface area contributed by atoms with Crippen molar-refractivity contribution in [3.05, 3.63) is 23.9 Å². The maximum absolute atomic E-state index is 11.5. The van der Waals surface area contributed by atoms with Gasteiger partial charge in [0.1, 0.15) is 5.82 Å². The highest BCUT2D eigenvalue weighted by Gasteiger charge is 2.24. The number of rotatable bonds is 4. The lowest BCUT2D eigenvalue weighted by atomic mass is 10.1. The Morgan fingerprint density at radius 2 is 2.00 bits per heavy atom. The lowest BCUT2D eigenvalue weighted by Gasteiger charge is -2.34. The van der Waals surface area contributed by atoms with Crippen LogP contribution in [0, 0.1) is 0 Å². The summed E-state index contributed by atoms with van der Waals surface area (Å²) in [6.45, 7) is 2.94. The Kier molecular flexibility index (Phi) is 4.38. The van der Waals surface area contributed by atoms with Gasteiger partial charge in [-0.3, -0.25) is 0 Å². The van der Waals surface area contributed by atoms with Crippen molar-refractivity contribution in [2.75, 3.05) is 43.9 Å². The van der Waals surface area contributed by atoms with E-state index in [2.05, 4.69) is 9.88 Å². The number of aromatic nitrogens is 1. The van der Waals surface area contributed by atoms with E-state index < -0.39 is 10.0 Å². The molecule has 0 amide bonds. The molecule has 0 aromatic carbocycles. The molecule has 0 spiro atoms. The second-order valence-electron chi connectivity index (χ2n) is 4.67. The molecule has 2 rings (SSSR count). The number of hydrogen-bond donors (Lipinski definition) is 1. The van der Waals surface area contributed by atoms with Crippen molar-refractivity contribution in [3.8, 4) is 0 Å². The third-order valence-electron chi connectivity index (χ3n) is 3.29. The molecule has 6 nitrogen and oxygen atoms in total. The Morgan fingerprint density at radius 3 is 2.58 bits per heavy atom. The van der Waals surface area contributed by atoms with Gasteiger partial charge in [0.2, 0.25) is 10.0 Å². The summed E-state index contributed by atoms with van der Waals surface area (Å²) in [7, 11) is -3.09. The molecule has 1 fully saturated rings. The topological polar surface area (TPSA) is 79.5 Å². The Morgan fingerprint density at radius 1 is 1.32 bits per heavy atom. The number of pyridine rings is 1. The minimum Gasteiger partial charge on any atom is -0.354 e. The van der Waals surface area contributed by atoms with Crippen LogP contribution in [0.4, 0.5) is 5.82 Å². The van der Waals surface area contributed by atoms with Gasteiger partial charge < -0.3 is 10.6 Å². The number of nitrogens with zero attached hydrogens (tertiary/aromatic N) is 3. The fourth-order valence-corrected chi connectivity index (χ4v) is 3.12. The summed E-state index contributed by atoms with van der Waals surface area (Å²) in [6.07, 6.45) is 3.80. The fraction of sp³-hybridized carbons (Fsp3) is 0.583. The van der Waals surface area contributed by atoms with Gasteiger partial charge >= 0.3 is 0 Å². The molecule has 1 aromatic rings. The SMILES string of the molecule is CS(=O)(=O)N1CCN(c2ncccc2CCN)CC1. The predicted octanol–water partition coefficient (Wildman–Crippen LogP) is -0.336. The number of nitrogens with two attached hydrogens (primary N) is 1. The summed E-state index contributed by atoms with van der Waals surface area (Å²) in [5.74, 6) is 0.932. The second-order valence-corrected chi connectivity index (χ2v) is 6.66. The standard InChI is InChI=1S/C12H20N4O2S/c1-19(17,18)16-9-7-15(8-10-16)12-11(4-5-13)3-2-6-14-12/h2-3,6H,4-5,7-10,13H2,1H3. The van der Waals surface area contributed by atoms with Crippen LogP contribution in [0.1, 0.15) is 5.56 Å². The van der Waals surface area contributed by atoms with Gasteiger partial charge in [0.15, 0.2) is 0 Å². The molecule has 0 saturated carbocycles. The highest BCUT2D eigenvalue weighted by atomic mass is 32.2. The van der Waals surface area contributed by atoms with Crippen LogP contribution in [0.2, 0.25) is 0 Å². The van der Waals surface area contributed by atoms with Crippen molar-refractivity contribution in [1.29, 1.82) is 0 Å². The Balaban J connectivity index is 2.09. The summed E-state index contributed by atoms with van der Waals surface area (Å²) >= 11 is 0. The van der Waals surface area contributed by atoms with Gasteiger partial charge in [0, 0.05) is 32.4 Å². The van der Waals surface area contributed by atoms with Crippen molar-refractivity contribution < 1.29 is 8.42 Å². The molecule has 2 N–H and O–H groups in total. The van der Waals surface area contributed by atoms with E-state index >= 15 is 0 Å². The monoisotopic (exact) mass is 284 g/mol. The van der Waals surface area contributed by atoms with Crippen molar-refractivity contribution in [1.82, 2.24) is 9.29 Å². The first-order valence-corrected chi connectivity index (χ1v) is 8.21. The van der Waals surface area contributed by atoms with E-state index in [0.29, 0.717) is 32.7 Å². The zero-order valence-corrected chi connectivity index (χ0v) is 11.9. The maximum Gasteiger partial charge on any atom is 0.211 e. The summed E-state index contributed by atoms with van der Waals surface area (Å²) in [5.41, 5.74) is 6.73. The molecule has 1 aliphatic rings. The van der Waals surface area contributed by atoms with Crippen LogP contribution in [-0.2, 0) is 16.4 Å². The van der Waals surface area contributed by atoms with Gasteiger partial charge in [0.05, 0.1) is 6.26 Å². The number of hydrogen-bond acceptors (Lipinski definition) is 5. The van der Waals surface area contributed by atoms with Crippen molar-refractivity contribution in [2.24, 2.45) is 5.73 Å². The Bertz CT molecular complexity index is 524. The summed E-state index contributed by atoms with van der Waals surface area (Å²) in [4.78, 5) is 6.54. The van der Waals surface area contributed by atoms with Crippen molar-refractivity contribution in [2.45, 2.75) is 6.42 Å². The minimum atomic E-state index is -3.09. The van der Waals surface area contributed by atoms with Crippen LogP contribution < -0.4 is 10.6 Å². The molecule has 1 aliphatic heterocycles. The highest BCUT2D eigenvalue weighted by Crippen LogP contribution is 2.19. The molecule has 0 atom stereocenters. The molecule has 106 valence electrons. The fourth-order valence-electron chi connectivity index (χ4n) is 2.30. The van der Waals surface area contributed by atoms with E-state index in [0.717, 1.165) is 17.8 Å². The molecule has 2 heterocycles. The van der Waals surface area contributed by atoms with Crippen LogP contribution >= 0.6 is 0 Å². The van der Waals surface area contributed by atoms with E-state index in [1.807, 2.05) is 12.1 Å². The molecule has 0 bridgehead atoms. The lowest BCUT2D eigenvalue weighted by molar-refractivity contribution is 0.386. The zero-order valence-electron chi connectivity index (χ0n) is 11.1. The smallest absolute Gasteiger partial charge is 0.211 e. The van der Waals surface area contributed by atoms with Crippen molar-refractivity contribution in [3.63, 3.8) is 0 Å². The summed E-state index contributed by atoms with van der Waals surface area (Å²) in [5, 5.41) is 0. The van der Waals surface area contributed by atoms with Gasteiger partial charge in [-0.25, -0.2) is 13.4 Å². The van der Waals surface area contributed by atoms with Crippen LogP contribution in [0.3, 0.4) is 0 Å². The highest BCUT2D eigenvalue weighted by molar-refractivity contribution is 7.88. The van der Waals surface area contributed by atoms with Gasteiger partial charge in [0.25, 0.3) is 0 Å². The molecule has 0 radical (unpaired) electrons. The molecular weight excluding hydrogens is 264 g/mol. The van der Waals surface area contributed by atoms with Gasteiger partial charge in [-0.15, -0.1) is 0 Å². The molecule has 0 unspecified atom stereocenters. The second kappa shape index (κ2) is 5.85. The molecule has 1 saturated heterocycles. The minimum absolute atomic E-state index is 0.511. The molecule has 7 heteroatoms. The van der Waals surface area contributed by atoms with Crippen LogP contribution in [0.5, 0.6) is 0 Å². The van der Waals surface area contributed by atoms with E-state index in [-0.39, 0.29) is 0 Å². The Hall–Kier alpha value is -1.18. The number of sulfonamides is 1. The normalized spacial score (nSPS) is 17.7. The molecule has 0 aliphatic carbocycles. The van der Waals surface area contributed by atoms with Crippen LogP contribution in [0.25, 0.3) is 0 Å². The van der Waals surface area contributed by atoms with Crippen LogP contribution in [-0.4, -0.2) is 56.7 Å². The molecule has 1 aromatic heterocycles. The predicted molar refractivity (Wildman–Crippen MR) is 75.6 cm³/mol. The first kappa shape index (κ1) is 14.2. The first-order chi connectivity index (χ1) is 9.02. The summed E-state index contributed by atoms with van der Waals surface area (Å²) < 4.78 is 24.5. The zero-order chi connectivity index (χ0) is 13.9. The first-order valence-electron chi connectivity index (χ1n) is 6.36. The van der Waals surface area contributed by atoms with Crippen molar-refractivity contribution >= 4 is 15.8 Å². The average molecular weight is 284 g/mol. The summed E-state index contributed by atoms with van der Waals surface area (Å²) in [6, 6.07) is 3.93. The average Bonchev–Trinajstić information content (AvgIpc) is 2.39. The maximum atomic E-state index is 11.5. The lowest BCUT2D eigenvalue weighted by Crippen LogP contribution is -2.48. The van der Waals surface area contributed by atoms with Gasteiger partial charge in [-0.1, -0.05) is 6.07 Å². The number of piperazine rings is 1. The van der Waals surface area contributed by atoms with E-state index in [1.165, 1.54) is 10.6 Å². The third kappa shape index (κ3) is 3.43.